The third-order valence-electron chi connectivity index (χ3n) is 1.68. The molecule has 0 unspecified atom stereocenters. The Kier molecular flexibility index (Phi) is 4.17. The van der Waals surface area contributed by atoms with Gasteiger partial charge in [0.2, 0.25) is 0 Å². The van der Waals surface area contributed by atoms with Crippen LogP contribution in [0.2, 0.25) is 0 Å². The van der Waals surface area contributed by atoms with Crippen molar-refractivity contribution in [1.29, 1.82) is 0 Å². The minimum atomic E-state index is -2.86. The Morgan fingerprint density at radius 3 is 2.40 bits per heavy atom. The van der Waals surface area contributed by atoms with Crippen molar-refractivity contribution in [3.8, 4) is 5.75 Å². The maximum absolute atomic E-state index is 11.8. The van der Waals surface area contributed by atoms with Crippen LogP contribution >= 0.6 is 0 Å². The van der Waals surface area contributed by atoms with Crippen LogP contribution in [0.4, 0.5) is 8.78 Å². The molecule has 0 aliphatic rings. The second-order valence-corrected chi connectivity index (χ2v) is 2.76. The van der Waals surface area contributed by atoms with Gasteiger partial charge < -0.3 is 9.47 Å². The maximum atomic E-state index is 11.8. The highest BCUT2D eigenvalue weighted by Crippen LogP contribution is 2.15. The van der Waals surface area contributed by atoms with Crippen molar-refractivity contribution in [2.24, 2.45) is 0 Å². The molecular formula is C10H10F2O3. The molecule has 15 heavy (non-hydrogen) atoms. The summed E-state index contributed by atoms with van der Waals surface area (Å²) in [5.74, 6) is -0.180. The molecule has 3 nitrogen and oxygen atoms in total. The molecule has 0 aromatic heterocycles. The Labute approximate surface area is 85.6 Å². The molecule has 0 heterocycles. The Bertz CT molecular complexity index is 322. The monoisotopic (exact) mass is 216 g/mol. The lowest BCUT2D eigenvalue weighted by molar-refractivity contribution is -0.0498. The summed E-state index contributed by atoms with van der Waals surface area (Å²) in [6.07, 6.45) is 0. The molecule has 82 valence electrons. The van der Waals surface area contributed by atoms with Crippen LogP contribution in [0.15, 0.2) is 24.3 Å². The minimum Gasteiger partial charge on any atom is -0.435 e. The summed E-state index contributed by atoms with van der Waals surface area (Å²) in [4.78, 5) is 11.3. The fourth-order valence-corrected chi connectivity index (χ4v) is 1.04. The molecule has 0 fully saturated rings. The standard InChI is InChI=1S/C10H10F2O3/c1-14-6-9(13)7-2-4-8(5-3-7)15-10(11)12/h2-5,10H,6H2,1H3. The number of methoxy groups -OCH3 is 1. The smallest absolute Gasteiger partial charge is 0.387 e. The Morgan fingerprint density at radius 1 is 1.33 bits per heavy atom. The Hall–Kier alpha value is -1.49. The van der Waals surface area contributed by atoms with Gasteiger partial charge >= 0.3 is 6.61 Å². The lowest BCUT2D eigenvalue weighted by atomic mass is 10.1. The molecule has 0 N–H and O–H groups in total. The third kappa shape index (κ3) is 3.63. The van der Waals surface area contributed by atoms with E-state index in [1.54, 1.807) is 0 Å². The predicted octanol–water partition coefficient (Wildman–Crippen LogP) is 2.12. The zero-order valence-electron chi connectivity index (χ0n) is 8.07. The topological polar surface area (TPSA) is 35.5 Å². The minimum absolute atomic E-state index is 0.0268. The number of rotatable bonds is 5. The van der Waals surface area contributed by atoms with Gasteiger partial charge in [0.15, 0.2) is 5.78 Å². The zero-order valence-corrected chi connectivity index (χ0v) is 8.07. The largest absolute Gasteiger partial charge is 0.435 e. The predicted molar refractivity (Wildman–Crippen MR) is 49.3 cm³/mol. The Morgan fingerprint density at radius 2 is 1.93 bits per heavy atom. The summed E-state index contributed by atoms with van der Waals surface area (Å²) < 4.78 is 32.4. The van der Waals surface area contributed by atoms with Gasteiger partial charge in [0, 0.05) is 12.7 Å². The van der Waals surface area contributed by atoms with E-state index in [4.69, 9.17) is 0 Å². The molecule has 0 spiro atoms. The molecule has 5 heteroatoms. The summed E-state index contributed by atoms with van der Waals surface area (Å²) in [5.41, 5.74) is 0.401. The summed E-state index contributed by atoms with van der Waals surface area (Å²) in [6, 6.07) is 5.46. The number of carbonyl (C=O) groups excluding carboxylic acids is 1. The number of hydrogen-bond acceptors (Lipinski definition) is 3. The normalized spacial score (nSPS) is 10.4. The van der Waals surface area contributed by atoms with Crippen molar-refractivity contribution >= 4 is 5.78 Å². The molecule has 1 rings (SSSR count). The summed E-state index contributed by atoms with van der Waals surface area (Å²) >= 11 is 0. The molecule has 0 amide bonds. The fourth-order valence-electron chi connectivity index (χ4n) is 1.04. The van der Waals surface area contributed by atoms with Crippen molar-refractivity contribution in [2.75, 3.05) is 13.7 Å². The zero-order chi connectivity index (χ0) is 11.3. The van der Waals surface area contributed by atoms with E-state index in [0.29, 0.717) is 5.56 Å². The average Bonchev–Trinajstić information content (AvgIpc) is 2.18. The van der Waals surface area contributed by atoms with Crippen molar-refractivity contribution in [3.05, 3.63) is 29.8 Å². The number of benzene rings is 1. The van der Waals surface area contributed by atoms with Crippen LogP contribution in [0.25, 0.3) is 0 Å². The molecule has 0 radical (unpaired) electrons. The number of ketones is 1. The van der Waals surface area contributed by atoms with E-state index in [9.17, 15) is 13.6 Å². The summed E-state index contributed by atoms with van der Waals surface area (Å²) in [5, 5.41) is 0. The molecule has 0 saturated heterocycles. The van der Waals surface area contributed by atoms with E-state index < -0.39 is 6.61 Å². The number of Topliss-reactive ketones (excluding diaryl/α,β-unsaturated/α-hetero) is 1. The number of ether oxygens (including phenoxy) is 2. The first-order valence-electron chi connectivity index (χ1n) is 4.20. The highest BCUT2D eigenvalue weighted by atomic mass is 19.3. The van der Waals surface area contributed by atoms with E-state index in [1.165, 1.54) is 31.4 Å². The highest BCUT2D eigenvalue weighted by molar-refractivity contribution is 5.97. The molecule has 1 aromatic rings. The molecule has 0 bridgehead atoms. The second-order valence-electron chi connectivity index (χ2n) is 2.76. The van der Waals surface area contributed by atoms with E-state index in [0.717, 1.165) is 0 Å². The van der Waals surface area contributed by atoms with Crippen LogP contribution < -0.4 is 4.74 Å². The summed E-state index contributed by atoms with van der Waals surface area (Å²) in [7, 11) is 1.41. The number of carbonyl (C=O) groups is 1. The molecule has 1 aromatic carbocycles. The number of halogens is 2. The molecular weight excluding hydrogens is 206 g/mol. The Balaban J connectivity index is 2.67. The van der Waals surface area contributed by atoms with Crippen LogP contribution in [-0.4, -0.2) is 26.1 Å². The van der Waals surface area contributed by atoms with Gasteiger partial charge in [-0.15, -0.1) is 0 Å². The lowest BCUT2D eigenvalue weighted by Gasteiger charge is -2.04. The summed E-state index contributed by atoms with van der Waals surface area (Å²) in [6.45, 7) is -2.89. The third-order valence-corrected chi connectivity index (χ3v) is 1.68. The van der Waals surface area contributed by atoms with E-state index >= 15 is 0 Å². The second kappa shape index (κ2) is 5.41. The van der Waals surface area contributed by atoms with Crippen LogP contribution in [0.5, 0.6) is 5.75 Å². The maximum Gasteiger partial charge on any atom is 0.387 e. The van der Waals surface area contributed by atoms with Crippen molar-refractivity contribution in [2.45, 2.75) is 6.61 Å². The highest BCUT2D eigenvalue weighted by Gasteiger charge is 2.07. The fraction of sp³-hybridized carbons (Fsp3) is 0.300. The molecule has 0 saturated carbocycles. The first-order valence-corrected chi connectivity index (χ1v) is 4.20. The van der Waals surface area contributed by atoms with Crippen LogP contribution in [-0.2, 0) is 4.74 Å². The first-order chi connectivity index (χ1) is 7.13. The van der Waals surface area contributed by atoms with Gasteiger partial charge in [0.05, 0.1) is 0 Å². The quantitative estimate of drug-likeness (QED) is 0.707. The first kappa shape index (κ1) is 11.6. The van der Waals surface area contributed by atoms with Crippen molar-refractivity contribution in [3.63, 3.8) is 0 Å². The van der Waals surface area contributed by atoms with Crippen LogP contribution in [0.1, 0.15) is 10.4 Å². The van der Waals surface area contributed by atoms with Gasteiger partial charge in [0.1, 0.15) is 12.4 Å². The van der Waals surface area contributed by atoms with Gasteiger partial charge in [-0.2, -0.15) is 8.78 Å². The van der Waals surface area contributed by atoms with Gasteiger partial charge in [-0.25, -0.2) is 0 Å². The number of alkyl halides is 2. The van der Waals surface area contributed by atoms with Crippen LogP contribution in [0, 0.1) is 0 Å². The van der Waals surface area contributed by atoms with Gasteiger partial charge in [0.25, 0.3) is 0 Å². The van der Waals surface area contributed by atoms with Crippen LogP contribution in [0.3, 0.4) is 0 Å². The van der Waals surface area contributed by atoms with E-state index in [-0.39, 0.29) is 18.1 Å². The SMILES string of the molecule is COCC(=O)c1ccc(OC(F)F)cc1. The van der Waals surface area contributed by atoms with E-state index in [1.807, 2.05) is 0 Å². The van der Waals surface area contributed by atoms with Gasteiger partial charge in [-0.1, -0.05) is 0 Å². The van der Waals surface area contributed by atoms with Gasteiger partial charge in [-0.3, -0.25) is 4.79 Å². The van der Waals surface area contributed by atoms with E-state index in [2.05, 4.69) is 9.47 Å². The molecule has 0 aliphatic carbocycles. The lowest BCUT2D eigenvalue weighted by Crippen LogP contribution is -2.07. The molecule has 0 aliphatic heterocycles. The van der Waals surface area contributed by atoms with Gasteiger partial charge in [-0.05, 0) is 24.3 Å². The number of hydrogen-bond donors (Lipinski definition) is 0. The van der Waals surface area contributed by atoms with Crippen molar-refractivity contribution < 1.29 is 23.0 Å². The molecule has 0 atom stereocenters. The van der Waals surface area contributed by atoms with Crippen molar-refractivity contribution in [1.82, 2.24) is 0 Å². The average molecular weight is 216 g/mol.